The molecule has 0 bridgehead atoms. The van der Waals surface area contributed by atoms with Crippen molar-refractivity contribution in [3.8, 4) is 6.07 Å². The molecule has 1 aromatic carbocycles. The lowest BCUT2D eigenvalue weighted by Crippen LogP contribution is -2.23. The third-order valence-electron chi connectivity index (χ3n) is 2.42. The molecule has 0 aliphatic carbocycles. The Balaban J connectivity index is 2.37. The molecule has 0 spiro atoms. The van der Waals surface area contributed by atoms with Gasteiger partial charge in [-0.1, -0.05) is 17.4 Å². The Hall–Kier alpha value is -1.65. The van der Waals surface area contributed by atoms with Gasteiger partial charge in [0.2, 0.25) is 0 Å². The number of fused-ring (bicyclic) bond motifs is 1. The van der Waals surface area contributed by atoms with Crippen LogP contribution in [0.2, 0.25) is 0 Å². The number of anilines is 1. The van der Waals surface area contributed by atoms with Gasteiger partial charge in [0.1, 0.15) is 0 Å². The minimum absolute atomic E-state index is 0.290. The second-order valence-electron chi connectivity index (χ2n) is 3.91. The van der Waals surface area contributed by atoms with Crippen LogP contribution < -0.4 is 4.72 Å². The molecule has 94 valence electrons. The van der Waals surface area contributed by atoms with Gasteiger partial charge in [-0.05, 0) is 31.5 Å². The summed E-state index contributed by atoms with van der Waals surface area (Å²) in [6.07, 6.45) is 0. The summed E-state index contributed by atoms with van der Waals surface area (Å²) in [5.41, 5.74) is 1.83. The van der Waals surface area contributed by atoms with Crippen molar-refractivity contribution in [2.75, 3.05) is 4.72 Å². The number of hydrogen-bond donors (Lipinski definition) is 1. The molecule has 2 rings (SSSR count). The van der Waals surface area contributed by atoms with E-state index in [1.54, 1.807) is 6.07 Å². The highest BCUT2D eigenvalue weighted by Gasteiger charge is 2.21. The Morgan fingerprint density at radius 1 is 1.50 bits per heavy atom. The zero-order valence-electron chi connectivity index (χ0n) is 9.84. The summed E-state index contributed by atoms with van der Waals surface area (Å²) in [7, 11) is -3.68. The number of nitrogens with zero attached hydrogens (tertiary/aromatic N) is 2. The SMILES string of the molecule is Cc1ccc2nc(NS(=O)(=O)C(C)C#N)sc2c1. The molecule has 0 aliphatic rings. The number of rotatable bonds is 3. The van der Waals surface area contributed by atoms with Gasteiger partial charge in [0, 0.05) is 0 Å². The van der Waals surface area contributed by atoms with Crippen LogP contribution in [0.25, 0.3) is 10.2 Å². The third kappa shape index (κ3) is 2.44. The van der Waals surface area contributed by atoms with E-state index in [0.29, 0.717) is 0 Å². The second-order valence-corrected chi connectivity index (χ2v) is 6.94. The van der Waals surface area contributed by atoms with Gasteiger partial charge in [-0.2, -0.15) is 5.26 Å². The number of hydrogen-bond acceptors (Lipinski definition) is 5. The fourth-order valence-corrected chi connectivity index (χ4v) is 3.29. The molecular formula is C11H11N3O2S2. The first-order valence-electron chi connectivity index (χ1n) is 5.21. The van der Waals surface area contributed by atoms with Crippen molar-refractivity contribution in [1.82, 2.24) is 4.98 Å². The molecule has 0 saturated heterocycles. The maximum absolute atomic E-state index is 11.7. The Labute approximate surface area is 109 Å². The van der Waals surface area contributed by atoms with Gasteiger partial charge >= 0.3 is 0 Å². The van der Waals surface area contributed by atoms with Crippen molar-refractivity contribution in [1.29, 1.82) is 5.26 Å². The Kier molecular flexibility index (Phi) is 3.24. The van der Waals surface area contributed by atoms with E-state index in [0.717, 1.165) is 15.8 Å². The molecule has 1 N–H and O–H groups in total. The summed E-state index contributed by atoms with van der Waals surface area (Å²) in [6.45, 7) is 3.29. The minimum atomic E-state index is -3.68. The molecule has 1 heterocycles. The van der Waals surface area contributed by atoms with Crippen LogP contribution in [0.3, 0.4) is 0 Å². The van der Waals surface area contributed by atoms with E-state index in [2.05, 4.69) is 9.71 Å². The summed E-state index contributed by atoms with van der Waals surface area (Å²) in [5, 5.41) is 7.82. The zero-order valence-corrected chi connectivity index (χ0v) is 11.5. The van der Waals surface area contributed by atoms with Gasteiger partial charge in [0.15, 0.2) is 10.4 Å². The lowest BCUT2D eigenvalue weighted by atomic mass is 10.2. The predicted molar refractivity (Wildman–Crippen MR) is 72.0 cm³/mol. The van der Waals surface area contributed by atoms with Crippen LogP contribution in [0.5, 0.6) is 0 Å². The molecule has 0 saturated carbocycles. The maximum Gasteiger partial charge on any atom is 0.250 e. The number of nitrogens with one attached hydrogen (secondary N) is 1. The lowest BCUT2D eigenvalue weighted by Gasteiger charge is -2.05. The van der Waals surface area contributed by atoms with E-state index in [9.17, 15) is 8.42 Å². The van der Waals surface area contributed by atoms with E-state index in [4.69, 9.17) is 5.26 Å². The average molecular weight is 281 g/mol. The maximum atomic E-state index is 11.7. The van der Waals surface area contributed by atoms with Crippen LogP contribution in [0.15, 0.2) is 18.2 Å². The van der Waals surface area contributed by atoms with Crippen molar-refractivity contribution in [3.05, 3.63) is 23.8 Å². The van der Waals surface area contributed by atoms with Crippen molar-refractivity contribution >= 4 is 36.7 Å². The number of thiazole rings is 1. The Bertz CT molecular complexity index is 728. The van der Waals surface area contributed by atoms with E-state index in [-0.39, 0.29) is 5.13 Å². The molecule has 0 radical (unpaired) electrons. The third-order valence-corrected chi connectivity index (χ3v) is 5.00. The van der Waals surface area contributed by atoms with E-state index in [1.165, 1.54) is 18.3 Å². The molecule has 2 aromatic rings. The Morgan fingerprint density at radius 2 is 2.22 bits per heavy atom. The van der Waals surface area contributed by atoms with Gasteiger partial charge in [-0.25, -0.2) is 13.4 Å². The molecule has 0 amide bonds. The molecule has 0 aliphatic heterocycles. The predicted octanol–water partition coefficient (Wildman–Crippen LogP) is 2.26. The molecule has 1 unspecified atom stereocenters. The van der Waals surface area contributed by atoms with E-state index < -0.39 is 15.3 Å². The second kappa shape index (κ2) is 4.55. The summed E-state index contributed by atoms with van der Waals surface area (Å²) in [4.78, 5) is 4.17. The van der Waals surface area contributed by atoms with Gasteiger partial charge < -0.3 is 0 Å². The average Bonchev–Trinajstić information content (AvgIpc) is 2.68. The number of sulfonamides is 1. The monoisotopic (exact) mass is 281 g/mol. The topological polar surface area (TPSA) is 82.8 Å². The number of aryl methyl sites for hydroxylation is 1. The smallest absolute Gasteiger partial charge is 0.250 e. The molecule has 18 heavy (non-hydrogen) atoms. The molecule has 1 atom stereocenters. The van der Waals surface area contributed by atoms with Crippen molar-refractivity contribution in [2.45, 2.75) is 19.1 Å². The van der Waals surface area contributed by atoms with Crippen LogP contribution in [-0.2, 0) is 10.0 Å². The van der Waals surface area contributed by atoms with E-state index >= 15 is 0 Å². The highest BCUT2D eigenvalue weighted by atomic mass is 32.2. The summed E-state index contributed by atoms with van der Waals surface area (Å²) in [5.74, 6) is 0. The molecule has 7 heteroatoms. The van der Waals surface area contributed by atoms with Crippen LogP contribution in [0.1, 0.15) is 12.5 Å². The number of nitriles is 1. The first kappa shape index (κ1) is 12.8. The fraction of sp³-hybridized carbons (Fsp3) is 0.273. The molecular weight excluding hydrogens is 270 g/mol. The van der Waals surface area contributed by atoms with Crippen molar-refractivity contribution in [2.24, 2.45) is 0 Å². The first-order chi connectivity index (χ1) is 8.42. The molecule has 0 fully saturated rings. The first-order valence-corrected chi connectivity index (χ1v) is 7.57. The van der Waals surface area contributed by atoms with Gasteiger partial charge in [-0.15, -0.1) is 0 Å². The summed E-state index contributed by atoms with van der Waals surface area (Å²) >= 11 is 1.26. The van der Waals surface area contributed by atoms with Gasteiger partial charge in [0.25, 0.3) is 10.0 Å². The van der Waals surface area contributed by atoms with Crippen molar-refractivity contribution < 1.29 is 8.42 Å². The van der Waals surface area contributed by atoms with Crippen LogP contribution in [0, 0.1) is 18.3 Å². The minimum Gasteiger partial charge on any atom is -0.257 e. The summed E-state index contributed by atoms with van der Waals surface area (Å²) < 4.78 is 26.7. The fourth-order valence-electron chi connectivity index (χ4n) is 1.35. The lowest BCUT2D eigenvalue weighted by molar-refractivity contribution is 0.597. The summed E-state index contributed by atoms with van der Waals surface area (Å²) in [6, 6.07) is 7.39. The van der Waals surface area contributed by atoms with Crippen LogP contribution in [0.4, 0.5) is 5.13 Å². The number of benzene rings is 1. The number of aromatic nitrogens is 1. The van der Waals surface area contributed by atoms with Gasteiger partial charge in [0.05, 0.1) is 16.3 Å². The van der Waals surface area contributed by atoms with Crippen molar-refractivity contribution in [3.63, 3.8) is 0 Å². The van der Waals surface area contributed by atoms with Gasteiger partial charge in [-0.3, -0.25) is 4.72 Å². The van der Waals surface area contributed by atoms with E-state index in [1.807, 2.05) is 25.1 Å². The standard InChI is InChI=1S/C11H11N3O2S2/c1-7-3-4-9-10(5-7)17-11(13-9)14-18(15,16)8(2)6-12/h3-5,8H,1-2H3,(H,13,14). The highest BCUT2D eigenvalue weighted by molar-refractivity contribution is 7.93. The Morgan fingerprint density at radius 3 is 2.89 bits per heavy atom. The highest BCUT2D eigenvalue weighted by Crippen LogP contribution is 2.27. The molecule has 1 aromatic heterocycles. The van der Waals surface area contributed by atoms with Crippen LogP contribution in [-0.4, -0.2) is 18.7 Å². The largest absolute Gasteiger partial charge is 0.257 e. The normalized spacial score (nSPS) is 13.2. The van der Waals surface area contributed by atoms with Crippen LogP contribution >= 0.6 is 11.3 Å². The molecule has 5 nitrogen and oxygen atoms in total. The quantitative estimate of drug-likeness (QED) is 0.935. The zero-order chi connectivity index (χ0) is 13.3.